The summed E-state index contributed by atoms with van der Waals surface area (Å²) in [6, 6.07) is 6.48. The summed E-state index contributed by atoms with van der Waals surface area (Å²) >= 11 is 0. The fourth-order valence-corrected chi connectivity index (χ4v) is 1.58. The van der Waals surface area contributed by atoms with Gasteiger partial charge in [-0.15, -0.1) is 0 Å². The summed E-state index contributed by atoms with van der Waals surface area (Å²) < 4.78 is 24.8. The minimum atomic E-state index is -0.323. The molecule has 0 saturated heterocycles. The lowest BCUT2D eigenvalue weighted by atomic mass is 9.91. The van der Waals surface area contributed by atoms with E-state index >= 15 is 0 Å². The third-order valence-corrected chi connectivity index (χ3v) is 3.40. The normalized spacial score (nSPS) is 12.5. The second kappa shape index (κ2) is 7.07. The van der Waals surface area contributed by atoms with Crippen LogP contribution in [-0.4, -0.2) is 19.8 Å². The van der Waals surface area contributed by atoms with Crippen LogP contribution < -0.4 is 4.74 Å². The number of ether oxygens (including phenoxy) is 2. The first-order valence-corrected chi connectivity index (χ1v) is 7.21. The van der Waals surface area contributed by atoms with Gasteiger partial charge < -0.3 is 9.47 Å². The maximum absolute atomic E-state index is 13.5. The van der Waals surface area contributed by atoms with Gasteiger partial charge in [0.05, 0.1) is 19.8 Å². The molecular weight excluding hydrogens is 255 g/mol. The summed E-state index contributed by atoms with van der Waals surface area (Å²) in [5.74, 6) is -0.0224. The highest BCUT2D eigenvalue weighted by Gasteiger charge is 2.22. The Morgan fingerprint density at radius 2 is 1.55 bits per heavy atom. The van der Waals surface area contributed by atoms with E-state index in [0.29, 0.717) is 19.0 Å². The fraction of sp³-hybridized carbons (Fsp3) is 0.647. The average Bonchev–Trinajstić information content (AvgIpc) is 2.37. The van der Waals surface area contributed by atoms with Crippen molar-refractivity contribution in [2.75, 3.05) is 19.8 Å². The molecule has 1 aromatic carbocycles. The van der Waals surface area contributed by atoms with Gasteiger partial charge in [0.25, 0.3) is 0 Å². The van der Waals surface area contributed by atoms with E-state index in [1.807, 2.05) is 0 Å². The van der Waals surface area contributed by atoms with Crippen molar-refractivity contribution in [1.82, 2.24) is 0 Å². The zero-order valence-corrected chi connectivity index (χ0v) is 13.3. The molecule has 20 heavy (non-hydrogen) atoms. The summed E-state index contributed by atoms with van der Waals surface area (Å²) in [5.41, 5.74) is 0.0502. The monoisotopic (exact) mass is 282 g/mol. The van der Waals surface area contributed by atoms with Crippen LogP contribution in [0.4, 0.5) is 4.39 Å². The second-order valence-electron chi connectivity index (χ2n) is 6.89. The molecule has 2 nitrogen and oxygen atoms in total. The number of hydrogen-bond donors (Lipinski definition) is 0. The Morgan fingerprint density at radius 3 is 2.15 bits per heavy atom. The van der Waals surface area contributed by atoms with E-state index in [1.54, 1.807) is 18.2 Å². The summed E-state index contributed by atoms with van der Waals surface area (Å²) in [6.07, 6.45) is 1.08. The maximum Gasteiger partial charge on any atom is 0.165 e. The molecule has 114 valence electrons. The molecular formula is C17H27FO2. The lowest BCUT2D eigenvalue weighted by Crippen LogP contribution is -2.30. The van der Waals surface area contributed by atoms with E-state index in [-0.39, 0.29) is 16.6 Å². The predicted octanol–water partition coefficient (Wildman–Crippen LogP) is 4.68. The second-order valence-corrected chi connectivity index (χ2v) is 6.89. The maximum atomic E-state index is 13.5. The smallest absolute Gasteiger partial charge is 0.165 e. The molecule has 0 aromatic heterocycles. The van der Waals surface area contributed by atoms with Gasteiger partial charge in [-0.1, -0.05) is 46.8 Å². The van der Waals surface area contributed by atoms with Gasteiger partial charge in [0.1, 0.15) is 0 Å². The summed E-state index contributed by atoms with van der Waals surface area (Å²) in [7, 11) is 0. The molecule has 3 heteroatoms. The van der Waals surface area contributed by atoms with Gasteiger partial charge in [-0.25, -0.2) is 4.39 Å². The molecule has 0 bridgehead atoms. The number of hydrogen-bond acceptors (Lipinski definition) is 2. The van der Waals surface area contributed by atoms with Crippen LogP contribution in [0.2, 0.25) is 0 Å². The lowest BCUT2D eigenvalue weighted by molar-refractivity contribution is -0.00269. The first-order chi connectivity index (χ1) is 9.26. The zero-order valence-electron chi connectivity index (χ0n) is 13.3. The summed E-state index contributed by atoms with van der Waals surface area (Å²) in [4.78, 5) is 0. The van der Waals surface area contributed by atoms with Crippen molar-refractivity contribution in [3.05, 3.63) is 30.1 Å². The Kier molecular flexibility index (Phi) is 6.00. The third kappa shape index (κ3) is 5.91. The summed E-state index contributed by atoms with van der Waals surface area (Å²) in [5, 5.41) is 0. The van der Waals surface area contributed by atoms with Crippen LogP contribution in [0.5, 0.6) is 5.75 Å². The number of rotatable bonds is 8. The van der Waals surface area contributed by atoms with E-state index in [2.05, 4.69) is 34.6 Å². The molecule has 0 fully saturated rings. The van der Waals surface area contributed by atoms with Crippen molar-refractivity contribution in [3.63, 3.8) is 0 Å². The van der Waals surface area contributed by atoms with Crippen LogP contribution in [0.1, 0.15) is 41.0 Å². The molecule has 0 N–H and O–H groups in total. The van der Waals surface area contributed by atoms with Gasteiger partial charge in [0, 0.05) is 5.41 Å². The minimum absolute atomic E-state index is 0.147. The van der Waals surface area contributed by atoms with Crippen LogP contribution in [0, 0.1) is 16.6 Å². The fourth-order valence-electron chi connectivity index (χ4n) is 1.58. The van der Waals surface area contributed by atoms with Gasteiger partial charge in [-0.2, -0.15) is 0 Å². The molecule has 1 rings (SSSR count). The number of para-hydroxylation sites is 1. The molecule has 0 saturated carbocycles. The lowest BCUT2D eigenvalue weighted by Gasteiger charge is -2.28. The largest absolute Gasteiger partial charge is 0.490 e. The topological polar surface area (TPSA) is 18.5 Å². The molecule has 1 aromatic rings. The van der Waals surface area contributed by atoms with Crippen molar-refractivity contribution in [1.29, 1.82) is 0 Å². The molecule has 0 aliphatic rings. The summed E-state index contributed by atoms with van der Waals surface area (Å²) in [6.45, 7) is 12.4. The predicted molar refractivity (Wildman–Crippen MR) is 80.6 cm³/mol. The van der Waals surface area contributed by atoms with Crippen molar-refractivity contribution in [3.8, 4) is 5.75 Å². The Balaban J connectivity index is 2.40. The number of benzene rings is 1. The minimum Gasteiger partial charge on any atom is -0.490 e. The Bertz CT molecular complexity index is 413. The first-order valence-electron chi connectivity index (χ1n) is 7.21. The van der Waals surface area contributed by atoms with Gasteiger partial charge in [0.2, 0.25) is 0 Å². The van der Waals surface area contributed by atoms with Crippen molar-refractivity contribution in [2.45, 2.75) is 41.0 Å². The Hall–Kier alpha value is -1.09. The van der Waals surface area contributed by atoms with Gasteiger partial charge in [-0.3, -0.25) is 0 Å². The molecule has 0 aliphatic carbocycles. The molecule has 0 heterocycles. The van der Waals surface area contributed by atoms with Crippen molar-refractivity contribution in [2.24, 2.45) is 10.8 Å². The van der Waals surface area contributed by atoms with E-state index < -0.39 is 0 Å². The van der Waals surface area contributed by atoms with Gasteiger partial charge >= 0.3 is 0 Å². The Morgan fingerprint density at radius 1 is 0.950 bits per heavy atom. The van der Waals surface area contributed by atoms with E-state index in [4.69, 9.17) is 9.47 Å². The highest BCUT2D eigenvalue weighted by Crippen LogP contribution is 2.24. The third-order valence-electron chi connectivity index (χ3n) is 3.40. The van der Waals surface area contributed by atoms with Crippen molar-refractivity contribution >= 4 is 0 Å². The van der Waals surface area contributed by atoms with E-state index in [1.165, 1.54) is 6.07 Å². The zero-order chi connectivity index (χ0) is 15.2. The number of halogens is 1. The van der Waals surface area contributed by atoms with Crippen LogP contribution in [-0.2, 0) is 4.74 Å². The molecule has 0 aliphatic heterocycles. The highest BCUT2D eigenvalue weighted by molar-refractivity contribution is 5.23. The van der Waals surface area contributed by atoms with Gasteiger partial charge in [-0.05, 0) is 24.0 Å². The van der Waals surface area contributed by atoms with E-state index in [9.17, 15) is 4.39 Å². The standard InChI is InChI=1S/C17H27FO2/c1-6-16(2,3)11-19-12-17(4,5)13-20-15-10-8-7-9-14(15)18/h7-10H,6,11-13H2,1-5H3. The van der Waals surface area contributed by atoms with Crippen LogP contribution in [0.3, 0.4) is 0 Å². The molecule has 0 amide bonds. The molecule has 0 unspecified atom stereocenters. The van der Waals surface area contributed by atoms with Crippen LogP contribution in [0.25, 0.3) is 0 Å². The molecule has 0 radical (unpaired) electrons. The SMILES string of the molecule is CCC(C)(C)COCC(C)(C)COc1ccccc1F. The quantitative estimate of drug-likeness (QED) is 0.689. The average molecular weight is 282 g/mol. The highest BCUT2D eigenvalue weighted by atomic mass is 19.1. The van der Waals surface area contributed by atoms with Crippen molar-refractivity contribution < 1.29 is 13.9 Å². The Labute approximate surface area is 122 Å². The molecule has 0 atom stereocenters. The van der Waals surface area contributed by atoms with Gasteiger partial charge in [0.15, 0.2) is 11.6 Å². The first kappa shape index (κ1) is 17.0. The van der Waals surface area contributed by atoms with Crippen LogP contribution in [0.15, 0.2) is 24.3 Å². The van der Waals surface area contributed by atoms with Crippen LogP contribution >= 0.6 is 0 Å². The molecule has 0 spiro atoms. The van der Waals surface area contributed by atoms with E-state index in [0.717, 1.165) is 13.0 Å².